The van der Waals surface area contributed by atoms with E-state index in [1.54, 1.807) is 7.11 Å². The van der Waals surface area contributed by atoms with E-state index in [1.807, 2.05) is 43.3 Å². The number of nitrogens with one attached hydrogen (secondary N) is 2. The first-order valence-electron chi connectivity index (χ1n) is 11.7. The predicted octanol–water partition coefficient (Wildman–Crippen LogP) is 5.36. The molecule has 1 aliphatic rings. The van der Waals surface area contributed by atoms with Crippen LogP contribution in [0.25, 0.3) is 10.9 Å². The number of nitrogens with zero attached hydrogens (tertiary/aromatic N) is 1. The Bertz CT molecular complexity index is 1180. The van der Waals surface area contributed by atoms with Gasteiger partial charge >= 0.3 is 0 Å². The summed E-state index contributed by atoms with van der Waals surface area (Å²) in [6, 6.07) is 14.6. The zero-order chi connectivity index (χ0) is 23.4. The quantitative estimate of drug-likeness (QED) is 0.482. The molecule has 5 nitrogen and oxygen atoms in total. The molecule has 3 aromatic rings. The SMILES string of the molecule is COc1ccc(CN(Cc2cc3c(C)ccc(C)c3[nH]c2=O)C(=S)NC2CCCCC2)cc1. The average molecular weight is 464 g/mol. The number of hydrogen-bond acceptors (Lipinski definition) is 3. The fourth-order valence-electron chi connectivity index (χ4n) is 4.60. The van der Waals surface area contributed by atoms with Crippen LogP contribution in [0.15, 0.2) is 47.3 Å². The number of H-pyrrole nitrogens is 1. The van der Waals surface area contributed by atoms with Gasteiger partial charge < -0.3 is 19.9 Å². The Labute approximate surface area is 201 Å². The monoisotopic (exact) mass is 463 g/mol. The average Bonchev–Trinajstić information content (AvgIpc) is 2.83. The van der Waals surface area contributed by atoms with Gasteiger partial charge in [-0.1, -0.05) is 43.5 Å². The van der Waals surface area contributed by atoms with Crippen LogP contribution in [-0.4, -0.2) is 28.1 Å². The Hall–Kier alpha value is -2.86. The topological polar surface area (TPSA) is 57.4 Å². The van der Waals surface area contributed by atoms with Crippen LogP contribution < -0.4 is 15.6 Å². The second-order valence-corrected chi connectivity index (χ2v) is 9.49. The van der Waals surface area contributed by atoms with Gasteiger partial charge in [0.05, 0.1) is 19.2 Å². The lowest BCUT2D eigenvalue weighted by atomic mass is 9.96. The van der Waals surface area contributed by atoms with Crippen LogP contribution in [0.5, 0.6) is 5.75 Å². The predicted molar refractivity (Wildman–Crippen MR) is 139 cm³/mol. The number of aromatic nitrogens is 1. The summed E-state index contributed by atoms with van der Waals surface area (Å²) in [6.45, 7) is 5.17. The summed E-state index contributed by atoms with van der Waals surface area (Å²) in [7, 11) is 1.67. The molecule has 2 aromatic carbocycles. The standard InChI is InChI=1S/C27H33N3O2S/c1-18-9-10-19(2)25-24(18)15-21(26(31)29-25)17-30(16-20-11-13-23(32-3)14-12-20)27(33)28-22-7-5-4-6-8-22/h9-15,22H,4-8,16-17H2,1-3H3,(H,28,33)(H,29,31). The fraction of sp³-hybridized carbons (Fsp3) is 0.407. The highest BCUT2D eigenvalue weighted by Gasteiger charge is 2.19. The maximum atomic E-state index is 13.0. The van der Waals surface area contributed by atoms with E-state index in [1.165, 1.54) is 19.3 Å². The number of rotatable bonds is 6. The largest absolute Gasteiger partial charge is 0.497 e. The van der Waals surface area contributed by atoms with Gasteiger partial charge in [0.25, 0.3) is 5.56 Å². The van der Waals surface area contributed by atoms with Crippen LogP contribution in [0.1, 0.15) is 54.4 Å². The van der Waals surface area contributed by atoms with E-state index < -0.39 is 0 Å². The molecule has 1 heterocycles. The minimum absolute atomic E-state index is 0.0589. The highest BCUT2D eigenvalue weighted by Crippen LogP contribution is 2.22. The van der Waals surface area contributed by atoms with Crippen molar-refractivity contribution in [2.45, 2.75) is 65.1 Å². The summed E-state index contributed by atoms with van der Waals surface area (Å²) in [4.78, 5) is 18.2. The molecule has 1 aromatic heterocycles. The van der Waals surface area contributed by atoms with Crippen molar-refractivity contribution >= 4 is 28.2 Å². The van der Waals surface area contributed by atoms with Crippen molar-refractivity contribution in [2.24, 2.45) is 0 Å². The van der Waals surface area contributed by atoms with E-state index >= 15 is 0 Å². The summed E-state index contributed by atoms with van der Waals surface area (Å²) in [5, 5.41) is 5.37. The Morgan fingerprint density at radius 3 is 2.45 bits per heavy atom. The third kappa shape index (κ3) is 5.56. The first-order chi connectivity index (χ1) is 15.9. The van der Waals surface area contributed by atoms with Crippen LogP contribution in [0, 0.1) is 13.8 Å². The summed E-state index contributed by atoms with van der Waals surface area (Å²) >= 11 is 5.87. The van der Waals surface area contributed by atoms with E-state index in [0.29, 0.717) is 24.2 Å². The lowest BCUT2D eigenvalue weighted by Gasteiger charge is -2.31. The minimum Gasteiger partial charge on any atom is -0.497 e. The normalized spacial score (nSPS) is 14.3. The van der Waals surface area contributed by atoms with Gasteiger partial charge in [-0.2, -0.15) is 0 Å². The van der Waals surface area contributed by atoms with Crippen molar-refractivity contribution in [3.05, 3.63) is 75.1 Å². The Balaban J connectivity index is 1.63. The lowest BCUT2D eigenvalue weighted by molar-refractivity contribution is 0.362. The molecule has 0 atom stereocenters. The minimum atomic E-state index is -0.0589. The Morgan fingerprint density at radius 1 is 1.06 bits per heavy atom. The zero-order valence-corrected chi connectivity index (χ0v) is 20.6. The molecule has 0 aliphatic heterocycles. The molecule has 0 unspecified atom stereocenters. The van der Waals surface area contributed by atoms with Crippen LogP contribution in [0.4, 0.5) is 0 Å². The number of methoxy groups -OCH3 is 1. The molecular weight excluding hydrogens is 430 g/mol. The van der Waals surface area contributed by atoms with Gasteiger partial charge in [-0.3, -0.25) is 4.79 Å². The summed E-state index contributed by atoms with van der Waals surface area (Å²) < 4.78 is 5.30. The molecule has 2 N–H and O–H groups in total. The summed E-state index contributed by atoms with van der Waals surface area (Å²) in [5.41, 5.74) is 4.91. The maximum absolute atomic E-state index is 13.0. The zero-order valence-electron chi connectivity index (χ0n) is 19.7. The van der Waals surface area contributed by atoms with Gasteiger partial charge in [0.1, 0.15) is 5.75 Å². The molecule has 0 saturated heterocycles. The van der Waals surface area contributed by atoms with E-state index in [0.717, 1.165) is 51.7 Å². The molecule has 1 fully saturated rings. The van der Waals surface area contributed by atoms with E-state index in [2.05, 4.69) is 28.2 Å². The number of ether oxygens (including phenoxy) is 1. The van der Waals surface area contributed by atoms with E-state index in [9.17, 15) is 4.79 Å². The van der Waals surface area contributed by atoms with Gasteiger partial charge in [-0.15, -0.1) is 0 Å². The smallest absolute Gasteiger partial charge is 0.253 e. The molecule has 4 rings (SSSR count). The van der Waals surface area contributed by atoms with Crippen LogP contribution in [0.3, 0.4) is 0 Å². The molecule has 0 spiro atoms. The number of pyridine rings is 1. The van der Waals surface area contributed by atoms with Gasteiger partial charge in [-0.25, -0.2) is 0 Å². The van der Waals surface area contributed by atoms with Crippen molar-refractivity contribution in [1.29, 1.82) is 0 Å². The van der Waals surface area contributed by atoms with Crippen molar-refractivity contribution in [3.8, 4) is 5.75 Å². The highest BCUT2D eigenvalue weighted by molar-refractivity contribution is 7.80. The fourth-order valence-corrected chi connectivity index (χ4v) is 4.90. The number of aryl methyl sites for hydroxylation is 2. The van der Waals surface area contributed by atoms with Crippen molar-refractivity contribution in [3.63, 3.8) is 0 Å². The van der Waals surface area contributed by atoms with Crippen molar-refractivity contribution in [1.82, 2.24) is 15.2 Å². The van der Waals surface area contributed by atoms with Crippen LogP contribution >= 0.6 is 12.2 Å². The first-order valence-corrected chi connectivity index (χ1v) is 12.2. The molecule has 6 heteroatoms. The van der Waals surface area contributed by atoms with Crippen molar-refractivity contribution < 1.29 is 4.74 Å². The second kappa shape index (κ2) is 10.4. The van der Waals surface area contributed by atoms with Crippen LogP contribution in [-0.2, 0) is 13.1 Å². The lowest BCUT2D eigenvalue weighted by Crippen LogP contribution is -2.45. The Morgan fingerprint density at radius 2 is 1.76 bits per heavy atom. The van der Waals surface area contributed by atoms with Crippen LogP contribution in [0.2, 0.25) is 0 Å². The number of aromatic amines is 1. The number of benzene rings is 2. The Kier molecular flexibility index (Phi) is 7.33. The molecular formula is C27H33N3O2S. The van der Waals surface area contributed by atoms with Crippen molar-refractivity contribution in [2.75, 3.05) is 7.11 Å². The summed E-state index contributed by atoms with van der Waals surface area (Å²) in [5.74, 6) is 0.824. The van der Waals surface area contributed by atoms with Gasteiger partial charge in [0, 0.05) is 23.5 Å². The molecule has 0 amide bonds. The van der Waals surface area contributed by atoms with Gasteiger partial charge in [-0.05, 0) is 73.8 Å². The first kappa shape index (κ1) is 23.3. The number of fused-ring (bicyclic) bond motifs is 1. The molecule has 33 heavy (non-hydrogen) atoms. The second-order valence-electron chi connectivity index (χ2n) is 9.10. The third-order valence-corrected chi connectivity index (χ3v) is 7.01. The molecule has 0 radical (unpaired) electrons. The highest BCUT2D eigenvalue weighted by atomic mass is 32.1. The van der Waals surface area contributed by atoms with E-state index in [-0.39, 0.29) is 5.56 Å². The van der Waals surface area contributed by atoms with Gasteiger partial charge in [0.15, 0.2) is 5.11 Å². The molecule has 1 saturated carbocycles. The molecule has 174 valence electrons. The third-order valence-electron chi connectivity index (χ3n) is 6.63. The molecule has 0 bridgehead atoms. The molecule has 1 aliphatic carbocycles. The number of thiocarbonyl (C=S) groups is 1. The summed E-state index contributed by atoms with van der Waals surface area (Å²) in [6.07, 6.45) is 6.06. The number of hydrogen-bond donors (Lipinski definition) is 2. The van der Waals surface area contributed by atoms with Gasteiger partial charge in [0.2, 0.25) is 0 Å². The maximum Gasteiger partial charge on any atom is 0.253 e. The van der Waals surface area contributed by atoms with E-state index in [4.69, 9.17) is 17.0 Å².